The molecule has 0 fully saturated rings. The third kappa shape index (κ3) is 6.82. The Bertz CT molecular complexity index is 658. The molecule has 5 nitrogen and oxygen atoms in total. The minimum Gasteiger partial charge on any atom is -0.357 e. The third-order valence-corrected chi connectivity index (χ3v) is 4.57. The molecule has 0 aliphatic heterocycles. The van der Waals surface area contributed by atoms with Gasteiger partial charge in [0.25, 0.3) is 0 Å². The Morgan fingerprint density at radius 3 is 2.68 bits per heavy atom. The highest BCUT2D eigenvalue weighted by Gasteiger charge is 2.17. The van der Waals surface area contributed by atoms with Gasteiger partial charge < -0.3 is 10.6 Å². The largest absolute Gasteiger partial charge is 0.357 e. The van der Waals surface area contributed by atoms with Gasteiger partial charge in [-0.15, -0.1) is 11.3 Å². The quantitative estimate of drug-likeness (QED) is 0.589. The lowest BCUT2D eigenvalue weighted by molar-refractivity contribution is 0.571. The van der Waals surface area contributed by atoms with Crippen molar-refractivity contribution in [1.29, 1.82) is 0 Å². The normalized spacial score (nSPS) is 12.2. The van der Waals surface area contributed by atoms with Gasteiger partial charge in [-0.05, 0) is 19.1 Å². The Labute approximate surface area is 155 Å². The Balaban J connectivity index is 1.81. The summed E-state index contributed by atoms with van der Waals surface area (Å²) in [4.78, 5) is 13.7. The molecular weight excluding hydrogens is 330 g/mol. The van der Waals surface area contributed by atoms with Gasteiger partial charge in [0.1, 0.15) is 0 Å². The molecule has 0 bridgehead atoms. The summed E-state index contributed by atoms with van der Waals surface area (Å²) in [6.07, 6.45) is 3.58. The number of aromatic nitrogens is 2. The van der Waals surface area contributed by atoms with Crippen molar-refractivity contribution in [1.82, 2.24) is 20.6 Å². The molecule has 136 valence electrons. The van der Waals surface area contributed by atoms with Crippen molar-refractivity contribution in [2.75, 3.05) is 19.6 Å². The van der Waals surface area contributed by atoms with Crippen molar-refractivity contribution in [3.8, 4) is 0 Å². The molecule has 0 aliphatic rings. The molecule has 2 N–H and O–H groups in total. The molecular formula is C19H29N5S. The van der Waals surface area contributed by atoms with Gasteiger partial charge in [-0.3, -0.25) is 9.98 Å². The molecule has 0 aliphatic carbocycles. The summed E-state index contributed by atoms with van der Waals surface area (Å²) in [6, 6.07) is 5.99. The predicted octanol–water partition coefficient (Wildman–Crippen LogP) is 3.18. The first-order valence-electron chi connectivity index (χ1n) is 8.86. The molecule has 0 amide bonds. The zero-order chi connectivity index (χ0) is 18.1. The molecule has 0 radical (unpaired) electrons. The molecule has 2 aromatic rings. The summed E-state index contributed by atoms with van der Waals surface area (Å²) in [7, 11) is 0. The third-order valence-electron chi connectivity index (χ3n) is 3.66. The number of hydrogen-bond acceptors (Lipinski definition) is 4. The Morgan fingerprint density at radius 2 is 2.04 bits per heavy atom. The Kier molecular flexibility index (Phi) is 7.37. The van der Waals surface area contributed by atoms with E-state index in [9.17, 15) is 0 Å². The van der Waals surface area contributed by atoms with E-state index in [4.69, 9.17) is 4.98 Å². The van der Waals surface area contributed by atoms with Crippen LogP contribution in [0.25, 0.3) is 0 Å². The van der Waals surface area contributed by atoms with Gasteiger partial charge in [-0.25, -0.2) is 4.98 Å². The number of thiazole rings is 1. The highest BCUT2D eigenvalue weighted by atomic mass is 32.1. The molecule has 2 heterocycles. The lowest BCUT2D eigenvalue weighted by Crippen LogP contribution is -2.38. The second-order valence-corrected chi connectivity index (χ2v) is 7.83. The zero-order valence-electron chi connectivity index (χ0n) is 15.7. The van der Waals surface area contributed by atoms with Gasteiger partial charge in [0, 0.05) is 55.2 Å². The smallest absolute Gasteiger partial charge is 0.191 e. The highest BCUT2D eigenvalue weighted by molar-refractivity contribution is 7.09. The molecule has 2 rings (SSSR count). The summed E-state index contributed by atoms with van der Waals surface area (Å²) in [5.74, 6) is 0.853. The standard InChI is InChI=1S/C19H29N5S/c1-5-20-18(22-12-9-15-8-6-7-11-21-15)23-13-10-17-24-16(14-25-17)19(2,3)4/h6-8,11,14H,5,9-10,12-13H2,1-4H3,(H2,20,22,23). The van der Waals surface area contributed by atoms with E-state index in [1.807, 2.05) is 24.4 Å². The van der Waals surface area contributed by atoms with Crippen LogP contribution in [-0.2, 0) is 18.3 Å². The maximum atomic E-state index is 4.73. The van der Waals surface area contributed by atoms with Crippen LogP contribution >= 0.6 is 11.3 Å². The molecule has 0 saturated carbocycles. The molecule has 0 atom stereocenters. The van der Waals surface area contributed by atoms with E-state index in [2.05, 4.69) is 53.7 Å². The number of rotatable bonds is 7. The van der Waals surface area contributed by atoms with Crippen LogP contribution in [0, 0.1) is 0 Å². The van der Waals surface area contributed by atoms with Crippen molar-refractivity contribution < 1.29 is 0 Å². The van der Waals surface area contributed by atoms with Crippen molar-refractivity contribution >= 4 is 17.3 Å². The molecule has 0 unspecified atom stereocenters. The molecule has 25 heavy (non-hydrogen) atoms. The van der Waals surface area contributed by atoms with Crippen molar-refractivity contribution in [3.63, 3.8) is 0 Å². The van der Waals surface area contributed by atoms with Crippen LogP contribution in [0.2, 0.25) is 0 Å². The van der Waals surface area contributed by atoms with Crippen LogP contribution in [0.15, 0.2) is 34.8 Å². The number of guanidine groups is 1. The topological polar surface area (TPSA) is 62.2 Å². The fraction of sp³-hybridized carbons (Fsp3) is 0.526. The molecule has 6 heteroatoms. The van der Waals surface area contributed by atoms with Gasteiger partial charge >= 0.3 is 0 Å². The average molecular weight is 360 g/mol. The van der Waals surface area contributed by atoms with E-state index in [0.717, 1.165) is 54.8 Å². The lowest BCUT2D eigenvalue weighted by atomic mass is 9.93. The fourth-order valence-corrected chi connectivity index (χ4v) is 3.24. The Morgan fingerprint density at radius 1 is 1.20 bits per heavy atom. The van der Waals surface area contributed by atoms with Crippen LogP contribution in [0.5, 0.6) is 0 Å². The number of aliphatic imine (C=N–C) groups is 1. The van der Waals surface area contributed by atoms with Crippen LogP contribution in [0.4, 0.5) is 0 Å². The van der Waals surface area contributed by atoms with E-state index >= 15 is 0 Å². The van der Waals surface area contributed by atoms with E-state index in [1.165, 1.54) is 0 Å². The van der Waals surface area contributed by atoms with Crippen molar-refractivity contribution in [2.45, 2.75) is 46.0 Å². The SMILES string of the molecule is CCNC(=NCCc1nc(C(C)(C)C)cs1)NCCc1ccccn1. The summed E-state index contributed by atoms with van der Waals surface area (Å²) in [5, 5.41) is 9.97. The van der Waals surface area contributed by atoms with Crippen molar-refractivity contribution in [2.24, 2.45) is 4.99 Å². The number of nitrogens with one attached hydrogen (secondary N) is 2. The molecule has 0 spiro atoms. The maximum Gasteiger partial charge on any atom is 0.191 e. The second kappa shape index (κ2) is 9.51. The number of hydrogen-bond donors (Lipinski definition) is 2. The summed E-state index contributed by atoms with van der Waals surface area (Å²) in [6.45, 7) is 11.0. The first-order valence-corrected chi connectivity index (χ1v) is 9.74. The lowest BCUT2D eigenvalue weighted by Gasteiger charge is -2.14. The predicted molar refractivity (Wildman–Crippen MR) is 106 cm³/mol. The number of nitrogens with zero attached hydrogens (tertiary/aromatic N) is 3. The molecule has 0 saturated heterocycles. The monoisotopic (exact) mass is 359 g/mol. The second-order valence-electron chi connectivity index (χ2n) is 6.88. The zero-order valence-corrected chi connectivity index (χ0v) is 16.5. The Hall–Kier alpha value is -1.95. The summed E-state index contributed by atoms with van der Waals surface area (Å²) in [5.41, 5.74) is 2.36. The van der Waals surface area contributed by atoms with Crippen LogP contribution in [0.3, 0.4) is 0 Å². The van der Waals surface area contributed by atoms with Crippen LogP contribution in [0.1, 0.15) is 44.1 Å². The fourth-order valence-electron chi connectivity index (χ4n) is 2.23. The molecule has 0 aromatic carbocycles. The van der Waals surface area contributed by atoms with Gasteiger partial charge in [-0.2, -0.15) is 0 Å². The van der Waals surface area contributed by atoms with E-state index in [-0.39, 0.29) is 5.41 Å². The minimum atomic E-state index is 0.111. The highest BCUT2D eigenvalue weighted by Crippen LogP contribution is 2.23. The minimum absolute atomic E-state index is 0.111. The van der Waals surface area contributed by atoms with Gasteiger partial charge in [0.15, 0.2) is 5.96 Å². The van der Waals surface area contributed by atoms with Crippen LogP contribution < -0.4 is 10.6 Å². The van der Waals surface area contributed by atoms with Gasteiger partial charge in [0.05, 0.1) is 10.7 Å². The first kappa shape index (κ1) is 19.4. The summed E-state index contributed by atoms with van der Waals surface area (Å²) < 4.78 is 0. The van der Waals surface area contributed by atoms with E-state index < -0.39 is 0 Å². The average Bonchev–Trinajstić information content (AvgIpc) is 3.05. The van der Waals surface area contributed by atoms with Crippen LogP contribution in [-0.4, -0.2) is 35.6 Å². The van der Waals surface area contributed by atoms with Gasteiger partial charge in [-0.1, -0.05) is 26.8 Å². The van der Waals surface area contributed by atoms with E-state index in [0.29, 0.717) is 0 Å². The first-order chi connectivity index (χ1) is 12.0. The van der Waals surface area contributed by atoms with E-state index in [1.54, 1.807) is 11.3 Å². The maximum absolute atomic E-state index is 4.73. The summed E-state index contributed by atoms with van der Waals surface area (Å²) >= 11 is 1.73. The van der Waals surface area contributed by atoms with Gasteiger partial charge in [0.2, 0.25) is 0 Å². The van der Waals surface area contributed by atoms with Crippen molar-refractivity contribution in [3.05, 3.63) is 46.2 Å². The molecule has 2 aromatic heterocycles. The number of pyridine rings is 1.